The monoisotopic (exact) mass is 423 g/mol. The number of ether oxygens (including phenoxy) is 2. The lowest BCUT2D eigenvalue weighted by molar-refractivity contribution is -0.134. The predicted octanol–water partition coefficient (Wildman–Crippen LogP) is 2.67. The number of carbonyl (C=O) groups is 3. The van der Waals surface area contributed by atoms with Gasteiger partial charge in [-0.3, -0.25) is 14.5 Å². The van der Waals surface area contributed by atoms with Crippen molar-refractivity contribution in [3.63, 3.8) is 0 Å². The summed E-state index contributed by atoms with van der Waals surface area (Å²) in [7, 11) is 0. The Kier molecular flexibility index (Phi) is 5.31. The molecule has 2 aliphatic heterocycles. The van der Waals surface area contributed by atoms with Gasteiger partial charge in [0.1, 0.15) is 25.3 Å². The Hall–Kier alpha value is -3.55. The van der Waals surface area contributed by atoms with Crippen molar-refractivity contribution in [3.05, 3.63) is 54.1 Å². The first-order valence-corrected chi connectivity index (χ1v) is 10.2. The lowest BCUT2D eigenvalue weighted by Gasteiger charge is -2.29. The number of nitrogens with zero attached hydrogens (tertiary/aromatic N) is 2. The Morgan fingerprint density at radius 2 is 1.77 bits per heavy atom. The molecule has 31 heavy (non-hydrogen) atoms. The number of benzene rings is 2. The summed E-state index contributed by atoms with van der Waals surface area (Å²) in [5.74, 6) is 0.296. The molecule has 8 heteroatoms. The van der Waals surface area contributed by atoms with Gasteiger partial charge in [-0.1, -0.05) is 24.3 Å². The highest BCUT2D eigenvalue weighted by molar-refractivity contribution is 6.10. The highest BCUT2D eigenvalue weighted by atomic mass is 16.6. The van der Waals surface area contributed by atoms with Crippen molar-refractivity contribution in [1.82, 2.24) is 10.2 Å². The van der Waals surface area contributed by atoms with Crippen LogP contribution in [0.1, 0.15) is 26.3 Å². The number of nitrogens with one attached hydrogen (secondary N) is 1. The summed E-state index contributed by atoms with van der Waals surface area (Å²) in [6.45, 7) is 5.92. The maximum absolute atomic E-state index is 13.3. The summed E-state index contributed by atoms with van der Waals surface area (Å²) in [5.41, 5.74) is -0.0271. The second-order valence-corrected chi connectivity index (χ2v) is 8.00. The smallest absolute Gasteiger partial charge is 0.325 e. The average Bonchev–Trinajstić information content (AvgIpc) is 2.98. The molecule has 1 saturated heterocycles. The molecule has 162 valence electrons. The van der Waals surface area contributed by atoms with E-state index in [1.165, 1.54) is 0 Å². The van der Waals surface area contributed by atoms with Gasteiger partial charge in [0.2, 0.25) is 5.91 Å². The second-order valence-electron chi connectivity index (χ2n) is 8.00. The normalized spacial score (nSPS) is 20.1. The topological polar surface area (TPSA) is 88.2 Å². The number of anilines is 1. The van der Waals surface area contributed by atoms with Gasteiger partial charge in [-0.15, -0.1) is 0 Å². The van der Waals surface area contributed by atoms with E-state index >= 15 is 0 Å². The third-order valence-corrected chi connectivity index (χ3v) is 5.51. The number of rotatable bonds is 5. The van der Waals surface area contributed by atoms with Crippen LogP contribution in [0.25, 0.3) is 0 Å². The fourth-order valence-corrected chi connectivity index (χ4v) is 3.92. The summed E-state index contributed by atoms with van der Waals surface area (Å²) < 4.78 is 11.1. The first kappa shape index (κ1) is 20.7. The zero-order valence-corrected chi connectivity index (χ0v) is 17.8. The third kappa shape index (κ3) is 3.69. The van der Waals surface area contributed by atoms with Crippen LogP contribution < -0.4 is 19.7 Å². The number of urea groups is 1. The maximum atomic E-state index is 13.3. The van der Waals surface area contributed by atoms with E-state index in [2.05, 4.69) is 5.32 Å². The highest BCUT2D eigenvalue weighted by Gasteiger charge is 2.50. The minimum Gasteiger partial charge on any atom is -0.486 e. The van der Waals surface area contributed by atoms with Gasteiger partial charge in [0, 0.05) is 11.7 Å². The summed E-state index contributed by atoms with van der Waals surface area (Å²) in [6.07, 6.45) is 0. The number of imide groups is 1. The minimum absolute atomic E-state index is 0.139. The Morgan fingerprint density at radius 3 is 2.45 bits per heavy atom. The molecule has 4 rings (SSSR count). The van der Waals surface area contributed by atoms with Crippen LogP contribution in [0.5, 0.6) is 11.5 Å². The van der Waals surface area contributed by atoms with Gasteiger partial charge in [0.15, 0.2) is 11.5 Å². The van der Waals surface area contributed by atoms with E-state index in [1.807, 2.05) is 44.2 Å². The Balaban J connectivity index is 1.57. The van der Waals surface area contributed by atoms with Crippen LogP contribution in [0.2, 0.25) is 0 Å². The zero-order valence-electron chi connectivity index (χ0n) is 17.8. The number of carbonyl (C=O) groups excluding carboxylic acids is 3. The average molecular weight is 423 g/mol. The van der Waals surface area contributed by atoms with Gasteiger partial charge >= 0.3 is 6.03 Å². The molecule has 2 aromatic carbocycles. The molecule has 2 aliphatic rings. The summed E-state index contributed by atoms with van der Waals surface area (Å²) in [6, 6.07) is 13.6. The van der Waals surface area contributed by atoms with Crippen LogP contribution in [-0.2, 0) is 15.1 Å². The Labute approximate surface area is 180 Å². The lowest BCUT2D eigenvalue weighted by Crippen LogP contribution is -2.46. The van der Waals surface area contributed by atoms with Crippen molar-refractivity contribution in [3.8, 4) is 11.5 Å². The van der Waals surface area contributed by atoms with E-state index in [-0.39, 0.29) is 18.5 Å². The third-order valence-electron chi connectivity index (χ3n) is 5.51. The molecule has 2 heterocycles. The molecular weight excluding hydrogens is 398 g/mol. The summed E-state index contributed by atoms with van der Waals surface area (Å²) in [4.78, 5) is 41.6. The van der Waals surface area contributed by atoms with Gasteiger partial charge in [-0.05, 0) is 50.6 Å². The lowest BCUT2D eigenvalue weighted by atomic mass is 9.91. The number of hydrogen-bond acceptors (Lipinski definition) is 5. The summed E-state index contributed by atoms with van der Waals surface area (Å²) in [5, 5.41) is 2.74. The molecule has 8 nitrogen and oxygen atoms in total. The van der Waals surface area contributed by atoms with Crippen LogP contribution in [0.3, 0.4) is 0 Å². The van der Waals surface area contributed by atoms with Gasteiger partial charge in [0.05, 0.1) is 0 Å². The number of fused-ring (bicyclic) bond motifs is 1. The standard InChI is InChI=1S/C23H25N3O5/c1-15(2)26(17-7-5-4-6-8-17)20(27)14-25-21(28)23(3,24-22(25)29)16-9-10-18-19(13-16)31-12-11-30-18/h4-10,13,15H,11-12,14H2,1-3H3,(H,24,29)/t23-/m0/s1. The van der Waals surface area contributed by atoms with Crippen molar-refractivity contribution in [2.45, 2.75) is 32.4 Å². The molecule has 0 bridgehead atoms. The van der Waals surface area contributed by atoms with Crippen LogP contribution in [0.4, 0.5) is 10.5 Å². The van der Waals surface area contributed by atoms with Crippen molar-refractivity contribution >= 4 is 23.5 Å². The van der Waals surface area contributed by atoms with Gasteiger partial charge in [0.25, 0.3) is 5.91 Å². The first-order chi connectivity index (χ1) is 14.8. The molecule has 0 saturated carbocycles. The SMILES string of the molecule is CC(C)N(C(=O)CN1C(=O)N[C@@](C)(c2ccc3c(c2)OCCO3)C1=O)c1ccccc1. The first-order valence-electron chi connectivity index (χ1n) is 10.2. The highest BCUT2D eigenvalue weighted by Crippen LogP contribution is 2.37. The Bertz CT molecular complexity index is 1020. The van der Waals surface area contributed by atoms with Crippen molar-refractivity contribution < 1.29 is 23.9 Å². The molecule has 1 atom stereocenters. The second kappa shape index (κ2) is 7.94. The fraction of sp³-hybridized carbons (Fsp3) is 0.348. The molecule has 0 aliphatic carbocycles. The molecule has 1 N–H and O–H groups in total. The van der Waals surface area contributed by atoms with Crippen LogP contribution >= 0.6 is 0 Å². The number of hydrogen-bond donors (Lipinski definition) is 1. The van der Waals surface area contributed by atoms with E-state index in [1.54, 1.807) is 30.0 Å². The Morgan fingerprint density at radius 1 is 1.10 bits per heavy atom. The number of para-hydroxylation sites is 1. The zero-order chi connectivity index (χ0) is 22.2. The van der Waals surface area contributed by atoms with Crippen molar-refractivity contribution in [1.29, 1.82) is 0 Å². The van der Waals surface area contributed by atoms with E-state index < -0.39 is 17.5 Å². The molecule has 1 fully saturated rings. The van der Waals surface area contributed by atoms with Crippen LogP contribution in [0.15, 0.2) is 48.5 Å². The molecular formula is C23H25N3O5. The molecule has 0 radical (unpaired) electrons. The molecule has 0 aromatic heterocycles. The van der Waals surface area contributed by atoms with Crippen LogP contribution in [-0.4, -0.2) is 48.5 Å². The largest absolute Gasteiger partial charge is 0.486 e. The maximum Gasteiger partial charge on any atom is 0.325 e. The van der Waals surface area contributed by atoms with Crippen molar-refractivity contribution in [2.24, 2.45) is 0 Å². The number of amides is 4. The van der Waals surface area contributed by atoms with Gasteiger partial charge in [-0.25, -0.2) is 4.79 Å². The fourth-order valence-electron chi connectivity index (χ4n) is 3.92. The van der Waals surface area contributed by atoms with Crippen molar-refractivity contribution in [2.75, 3.05) is 24.7 Å². The molecule has 0 unspecified atom stereocenters. The molecule has 4 amide bonds. The van der Waals surface area contributed by atoms with E-state index in [0.717, 1.165) is 4.90 Å². The van der Waals surface area contributed by atoms with E-state index in [9.17, 15) is 14.4 Å². The quantitative estimate of drug-likeness (QED) is 0.747. The summed E-state index contributed by atoms with van der Waals surface area (Å²) >= 11 is 0. The minimum atomic E-state index is -1.30. The molecule has 0 spiro atoms. The van der Waals surface area contributed by atoms with Gasteiger partial charge in [-0.2, -0.15) is 0 Å². The van der Waals surface area contributed by atoms with Crippen LogP contribution in [0, 0.1) is 0 Å². The van der Waals surface area contributed by atoms with Gasteiger partial charge < -0.3 is 19.7 Å². The van der Waals surface area contributed by atoms with E-state index in [0.29, 0.717) is 36.0 Å². The molecule has 2 aromatic rings. The van der Waals surface area contributed by atoms with E-state index in [4.69, 9.17) is 9.47 Å². The predicted molar refractivity (Wildman–Crippen MR) is 114 cm³/mol.